The van der Waals surface area contributed by atoms with E-state index in [-0.39, 0.29) is 5.56 Å². The number of furan rings is 1. The van der Waals surface area contributed by atoms with Gasteiger partial charge in [-0.25, -0.2) is 4.98 Å². The molecule has 1 N–H and O–H groups in total. The van der Waals surface area contributed by atoms with E-state index in [1.54, 1.807) is 12.1 Å². The average molecular weight is 440 g/mol. The Hall–Kier alpha value is -3.59. The normalized spacial score (nSPS) is 14.5. The van der Waals surface area contributed by atoms with E-state index in [1.165, 1.54) is 18.4 Å². The Morgan fingerprint density at radius 3 is 2.62 bits per heavy atom. The molecule has 0 radical (unpaired) electrons. The minimum absolute atomic E-state index is 0.191. The zero-order valence-corrected chi connectivity index (χ0v) is 16.9. The summed E-state index contributed by atoms with van der Waals surface area (Å²) in [5, 5.41) is 0. The Labute approximate surface area is 180 Å². The molecular formula is C23H19F3N4O2. The Morgan fingerprint density at radius 1 is 1.09 bits per heavy atom. The maximum atomic E-state index is 12.9. The van der Waals surface area contributed by atoms with Gasteiger partial charge in [0.25, 0.3) is 5.56 Å². The van der Waals surface area contributed by atoms with E-state index in [0.29, 0.717) is 48.9 Å². The summed E-state index contributed by atoms with van der Waals surface area (Å²) < 4.78 is 45.8. The molecule has 0 fully saturated rings. The van der Waals surface area contributed by atoms with E-state index in [9.17, 15) is 18.0 Å². The molecule has 0 spiro atoms. The zero-order valence-electron chi connectivity index (χ0n) is 16.9. The lowest BCUT2D eigenvalue weighted by Crippen LogP contribution is -2.35. The van der Waals surface area contributed by atoms with Crippen molar-refractivity contribution in [2.24, 2.45) is 0 Å². The van der Waals surface area contributed by atoms with Crippen LogP contribution in [0.5, 0.6) is 0 Å². The fraction of sp³-hybridized carbons (Fsp3) is 0.217. The number of aromatic nitrogens is 3. The van der Waals surface area contributed by atoms with Crippen LogP contribution in [0.4, 0.5) is 13.2 Å². The number of halogens is 3. The molecule has 1 aliphatic rings. The van der Waals surface area contributed by atoms with Crippen LogP contribution in [0.1, 0.15) is 22.5 Å². The van der Waals surface area contributed by atoms with Gasteiger partial charge in [0.1, 0.15) is 0 Å². The molecule has 4 aromatic rings. The van der Waals surface area contributed by atoms with Crippen molar-refractivity contribution in [3.8, 4) is 17.3 Å². The fourth-order valence-corrected chi connectivity index (χ4v) is 3.98. The van der Waals surface area contributed by atoms with Gasteiger partial charge in [0.05, 0.1) is 23.1 Å². The van der Waals surface area contributed by atoms with Crippen LogP contribution in [-0.4, -0.2) is 26.0 Å². The van der Waals surface area contributed by atoms with Crippen LogP contribution in [0.2, 0.25) is 0 Å². The molecule has 0 bridgehead atoms. The largest absolute Gasteiger partial charge is 0.461 e. The second-order valence-electron chi connectivity index (χ2n) is 7.69. The molecule has 0 unspecified atom stereocenters. The number of fused-ring (bicyclic) bond motifs is 1. The van der Waals surface area contributed by atoms with Crippen molar-refractivity contribution in [3.63, 3.8) is 0 Å². The van der Waals surface area contributed by atoms with E-state index in [0.717, 1.165) is 23.5 Å². The summed E-state index contributed by atoms with van der Waals surface area (Å²) in [6, 6.07) is 12.4. The van der Waals surface area contributed by atoms with Crippen molar-refractivity contribution in [3.05, 3.63) is 93.9 Å². The summed E-state index contributed by atoms with van der Waals surface area (Å²) in [5.74, 6) is 0.935. The van der Waals surface area contributed by atoms with E-state index in [4.69, 9.17) is 4.42 Å². The smallest absolute Gasteiger partial charge is 0.416 e. The van der Waals surface area contributed by atoms with Gasteiger partial charge < -0.3 is 14.0 Å². The highest BCUT2D eigenvalue weighted by Gasteiger charge is 2.30. The number of H-pyrrole nitrogens is 1. The first-order chi connectivity index (χ1) is 15.4. The molecular weight excluding hydrogens is 421 g/mol. The summed E-state index contributed by atoms with van der Waals surface area (Å²) in [7, 11) is 0. The molecule has 0 saturated heterocycles. The highest BCUT2D eigenvalue weighted by Crippen LogP contribution is 2.30. The van der Waals surface area contributed by atoms with Crippen molar-refractivity contribution in [2.45, 2.75) is 25.7 Å². The Morgan fingerprint density at radius 2 is 1.91 bits per heavy atom. The standard InChI is InChI=1S/C23H19F3N4O2/c24-23(25,26)15-5-7-16(8-6-15)30-10-1-3-17(30)13-29-11-9-19-18(14-29)22(31)28-21(27-19)20-4-2-12-32-20/h1-8,10,12H,9,11,13-14H2,(H,27,28,31). The molecule has 164 valence electrons. The van der Waals surface area contributed by atoms with Gasteiger partial charge in [-0.1, -0.05) is 0 Å². The third-order valence-electron chi connectivity index (χ3n) is 5.59. The van der Waals surface area contributed by atoms with Crippen LogP contribution >= 0.6 is 0 Å². The number of alkyl halides is 3. The maximum absolute atomic E-state index is 12.9. The van der Waals surface area contributed by atoms with Crippen LogP contribution < -0.4 is 5.56 Å². The lowest BCUT2D eigenvalue weighted by Gasteiger charge is -2.28. The molecule has 4 heterocycles. The van der Waals surface area contributed by atoms with Crippen LogP contribution in [0.15, 0.2) is 70.2 Å². The third kappa shape index (κ3) is 3.87. The molecule has 9 heteroatoms. The summed E-state index contributed by atoms with van der Waals surface area (Å²) in [6.45, 7) is 1.69. The van der Waals surface area contributed by atoms with E-state index >= 15 is 0 Å². The molecule has 6 nitrogen and oxygen atoms in total. The van der Waals surface area contributed by atoms with E-state index in [2.05, 4.69) is 14.9 Å². The van der Waals surface area contributed by atoms with Crippen LogP contribution in [0.25, 0.3) is 17.3 Å². The second kappa shape index (κ2) is 7.83. The van der Waals surface area contributed by atoms with Crippen LogP contribution in [0.3, 0.4) is 0 Å². The lowest BCUT2D eigenvalue weighted by atomic mass is 10.1. The summed E-state index contributed by atoms with van der Waals surface area (Å²) in [6.07, 6.45) is -0.396. The van der Waals surface area contributed by atoms with Gasteiger partial charge in [-0.3, -0.25) is 9.69 Å². The Kier molecular flexibility index (Phi) is 4.97. The SMILES string of the molecule is O=c1[nH]c(-c2ccco2)nc2c1CN(Cc1cccn1-c1ccc(C(F)(F)F)cc1)CC2. The average Bonchev–Trinajstić information content (AvgIpc) is 3.46. The van der Waals surface area contributed by atoms with Crippen molar-refractivity contribution in [1.29, 1.82) is 0 Å². The number of benzene rings is 1. The summed E-state index contributed by atoms with van der Waals surface area (Å²) >= 11 is 0. The molecule has 0 amide bonds. The van der Waals surface area contributed by atoms with Crippen LogP contribution in [-0.2, 0) is 25.7 Å². The molecule has 1 aromatic carbocycles. The number of hydrogen-bond donors (Lipinski definition) is 1. The first-order valence-electron chi connectivity index (χ1n) is 10.1. The van der Waals surface area contributed by atoms with E-state index < -0.39 is 11.7 Å². The monoisotopic (exact) mass is 440 g/mol. The van der Waals surface area contributed by atoms with Crippen molar-refractivity contribution in [1.82, 2.24) is 19.4 Å². The second-order valence-corrected chi connectivity index (χ2v) is 7.69. The fourth-order valence-electron chi connectivity index (χ4n) is 3.98. The molecule has 5 rings (SSSR count). The van der Waals surface area contributed by atoms with E-state index in [1.807, 2.05) is 22.9 Å². The zero-order chi connectivity index (χ0) is 22.3. The predicted molar refractivity (Wildman–Crippen MR) is 111 cm³/mol. The number of hydrogen-bond acceptors (Lipinski definition) is 4. The highest BCUT2D eigenvalue weighted by atomic mass is 19.4. The van der Waals surface area contributed by atoms with Gasteiger partial charge in [0.2, 0.25) is 0 Å². The topological polar surface area (TPSA) is 67.1 Å². The van der Waals surface area contributed by atoms with Gasteiger partial charge in [-0.2, -0.15) is 13.2 Å². The molecule has 3 aromatic heterocycles. The number of nitrogens with one attached hydrogen (secondary N) is 1. The highest BCUT2D eigenvalue weighted by molar-refractivity contribution is 5.47. The quantitative estimate of drug-likeness (QED) is 0.511. The number of rotatable bonds is 4. The first-order valence-corrected chi connectivity index (χ1v) is 10.1. The predicted octanol–water partition coefficient (Wildman–Crippen LogP) is 4.40. The molecule has 0 saturated carbocycles. The molecule has 32 heavy (non-hydrogen) atoms. The summed E-state index contributed by atoms with van der Waals surface area (Å²) in [5.41, 5.74) is 2.09. The number of aromatic amines is 1. The van der Waals surface area contributed by atoms with Crippen molar-refractivity contribution >= 4 is 0 Å². The van der Waals surface area contributed by atoms with Crippen molar-refractivity contribution < 1.29 is 17.6 Å². The third-order valence-corrected chi connectivity index (χ3v) is 5.59. The van der Waals surface area contributed by atoms with Crippen molar-refractivity contribution in [2.75, 3.05) is 6.54 Å². The molecule has 0 aliphatic carbocycles. The Balaban J connectivity index is 1.35. The molecule has 1 aliphatic heterocycles. The summed E-state index contributed by atoms with van der Waals surface area (Å²) in [4.78, 5) is 22.2. The maximum Gasteiger partial charge on any atom is 0.416 e. The molecule has 0 atom stereocenters. The minimum Gasteiger partial charge on any atom is -0.461 e. The van der Waals surface area contributed by atoms with Gasteiger partial charge in [0, 0.05) is 43.6 Å². The van der Waals surface area contributed by atoms with Gasteiger partial charge in [0.15, 0.2) is 11.6 Å². The van der Waals surface area contributed by atoms with Gasteiger partial charge >= 0.3 is 6.18 Å². The van der Waals surface area contributed by atoms with Gasteiger partial charge in [-0.15, -0.1) is 0 Å². The Bertz CT molecular complexity index is 1290. The lowest BCUT2D eigenvalue weighted by molar-refractivity contribution is -0.137. The van der Waals surface area contributed by atoms with Gasteiger partial charge in [-0.05, 0) is 48.5 Å². The minimum atomic E-state index is -4.36. The number of nitrogens with zero attached hydrogens (tertiary/aromatic N) is 3. The first kappa shape index (κ1) is 20.3. The van der Waals surface area contributed by atoms with Crippen LogP contribution in [0, 0.1) is 0 Å².